The van der Waals surface area contributed by atoms with Crippen LogP contribution in [-0.4, -0.2) is 5.97 Å². The van der Waals surface area contributed by atoms with E-state index >= 15 is 0 Å². The van der Waals surface area contributed by atoms with Gasteiger partial charge in [0.25, 0.3) is 0 Å². The van der Waals surface area contributed by atoms with E-state index in [1.54, 1.807) is 6.92 Å². The van der Waals surface area contributed by atoms with E-state index in [1.807, 2.05) is 0 Å². The van der Waals surface area contributed by atoms with Gasteiger partial charge in [-0.1, -0.05) is 18.5 Å². The molecule has 0 aromatic heterocycles. The van der Waals surface area contributed by atoms with E-state index in [9.17, 15) is 18.0 Å². The average molecular weight is 269 g/mol. The van der Waals surface area contributed by atoms with Gasteiger partial charge in [0.05, 0.1) is 10.6 Å². The number of carbonyl (C=O) groups excluding carboxylic acids is 1. The van der Waals surface area contributed by atoms with E-state index in [2.05, 4.69) is 9.78 Å². The second-order valence-electron chi connectivity index (χ2n) is 3.04. The van der Waals surface area contributed by atoms with Gasteiger partial charge in [0.1, 0.15) is 0 Å². The molecule has 17 heavy (non-hydrogen) atoms. The standard InChI is InChI=1S/C10H8ClF3O3/c1-2-9(15)17-16-8-4-3-6(5-7(8)11)10(12,13)14/h3-5H,2H2,1H3. The largest absolute Gasteiger partial charge is 0.416 e. The number of hydrogen-bond acceptors (Lipinski definition) is 3. The van der Waals surface area contributed by atoms with Gasteiger partial charge in [0, 0.05) is 6.42 Å². The summed E-state index contributed by atoms with van der Waals surface area (Å²) in [5.41, 5.74) is -0.906. The lowest BCUT2D eigenvalue weighted by molar-refractivity contribution is -0.213. The molecule has 0 bridgehead atoms. The summed E-state index contributed by atoms with van der Waals surface area (Å²) < 4.78 is 36.9. The smallest absolute Gasteiger partial charge is 0.285 e. The van der Waals surface area contributed by atoms with Crippen LogP contribution in [0.4, 0.5) is 13.2 Å². The van der Waals surface area contributed by atoms with Crippen molar-refractivity contribution >= 4 is 17.6 Å². The third-order valence-electron chi connectivity index (χ3n) is 1.77. The van der Waals surface area contributed by atoms with Gasteiger partial charge in [-0.3, -0.25) is 9.78 Å². The molecule has 0 aliphatic carbocycles. The second kappa shape index (κ2) is 5.27. The highest BCUT2D eigenvalue weighted by Crippen LogP contribution is 2.34. The summed E-state index contributed by atoms with van der Waals surface area (Å²) in [5, 5.41) is -0.288. The Kier molecular flexibility index (Phi) is 4.22. The Hall–Kier alpha value is -1.43. The Morgan fingerprint density at radius 3 is 2.53 bits per heavy atom. The molecule has 0 unspecified atom stereocenters. The summed E-state index contributed by atoms with van der Waals surface area (Å²) >= 11 is 5.55. The predicted molar refractivity (Wildman–Crippen MR) is 53.5 cm³/mol. The van der Waals surface area contributed by atoms with Crippen molar-refractivity contribution in [1.82, 2.24) is 0 Å². The molecule has 0 heterocycles. The second-order valence-corrected chi connectivity index (χ2v) is 3.44. The molecule has 0 aliphatic heterocycles. The molecule has 7 heteroatoms. The third-order valence-corrected chi connectivity index (χ3v) is 2.07. The van der Waals surface area contributed by atoms with Crippen LogP contribution in [0.3, 0.4) is 0 Å². The summed E-state index contributed by atoms with van der Waals surface area (Å²) in [7, 11) is 0. The first-order valence-corrected chi connectivity index (χ1v) is 4.96. The highest BCUT2D eigenvalue weighted by atomic mass is 35.5. The van der Waals surface area contributed by atoms with Gasteiger partial charge in [-0.2, -0.15) is 13.2 Å². The Morgan fingerprint density at radius 1 is 1.41 bits per heavy atom. The quantitative estimate of drug-likeness (QED) is 0.620. The fourth-order valence-electron chi connectivity index (χ4n) is 0.895. The van der Waals surface area contributed by atoms with Crippen LogP contribution < -0.4 is 4.89 Å². The van der Waals surface area contributed by atoms with Crippen molar-refractivity contribution in [1.29, 1.82) is 0 Å². The highest BCUT2D eigenvalue weighted by Gasteiger charge is 2.31. The Bertz CT molecular complexity index is 418. The lowest BCUT2D eigenvalue weighted by atomic mass is 10.2. The van der Waals surface area contributed by atoms with Crippen LogP contribution in [0.15, 0.2) is 18.2 Å². The van der Waals surface area contributed by atoms with Crippen LogP contribution in [0.25, 0.3) is 0 Å². The molecule has 1 rings (SSSR count). The minimum absolute atomic E-state index is 0.0816. The fourth-order valence-corrected chi connectivity index (χ4v) is 1.11. The zero-order valence-corrected chi connectivity index (χ0v) is 9.43. The van der Waals surface area contributed by atoms with E-state index in [4.69, 9.17) is 11.6 Å². The minimum Gasteiger partial charge on any atom is -0.285 e. The minimum atomic E-state index is -4.48. The fraction of sp³-hybridized carbons (Fsp3) is 0.300. The molecule has 0 radical (unpaired) electrons. The lowest BCUT2D eigenvalue weighted by Gasteiger charge is -2.09. The Balaban J connectivity index is 2.80. The molecule has 0 saturated carbocycles. The van der Waals surface area contributed by atoms with Gasteiger partial charge < -0.3 is 0 Å². The topological polar surface area (TPSA) is 35.5 Å². The van der Waals surface area contributed by atoms with Gasteiger partial charge in [0.15, 0.2) is 5.75 Å². The van der Waals surface area contributed by atoms with Crippen molar-refractivity contribution in [2.24, 2.45) is 0 Å². The first-order valence-electron chi connectivity index (χ1n) is 4.58. The molecule has 0 saturated heterocycles. The van der Waals surface area contributed by atoms with Crippen LogP contribution in [0.1, 0.15) is 18.9 Å². The maximum Gasteiger partial charge on any atom is 0.416 e. The molecule has 0 aliphatic rings. The summed E-state index contributed by atoms with van der Waals surface area (Å²) in [4.78, 5) is 19.5. The van der Waals surface area contributed by atoms with Crippen LogP contribution >= 0.6 is 11.6 Å². The maximum absolute atomic E-state index is 12.3. The number of alkyl halides is 3. The number of rotatable bonds is 3. The van der Waals surface area contributed by atoms with E-state index in [1.165, 1.54) is 0 Å². The number of hydrogen-bond donors (Lipinski definition) is 0. The SMILES string of the molecule is CCC(=O)OOc1ccc(C(F)(F)F)cc1Cl. The predicted octanol–water partition coefficient (Wildman–Crippen LogP) is 3.61. The lowest BCUT2D eigenvalue weighted by Crippen LogP contribution is -2.08. The zero-order valence-electron chi connectivity index (χ0n) is 8.68. The number of carbonyl (C=O) groups is 1. The normalized spacial score (nSPS) is 11.1. The van der Waals surface area contributed by atoms with Crippen molar-refractivity contribution in [3.05, 3.63) is 28.8 Å². The molecule has 1 aromatic carbocycles. The average Bonchev–Trinajstić information content (AvgIpc) is 2.25. The Labute approximate surface area is 100 Å². The van der Waals surface area contributed by atoms with Gasteiger partial charge >= 0.3 is 12.1 Å². The molecule has 0 amide bonds. The molecule has 0 N–H and O–H groups in total. The van der Waals surface area contributed by atoms with Crippen molar-refractivity contribution < 1.29 is 27.7 Å². The van der Waals surface area contributed by atoms with Gasteiger partial charge in [0.2, 0.25) is 0 Å². The molecule has 0 spiro atoms. The molecule has 0 fully saturated rings. The highest BCUT2D eigenvalue weighted by molar-refractivity contribution is 6.32. The van der Waals surface area contributed by atoms with Crippen molar-refractivity contribution in [2.45, 2.75) is 19.5 Å². The van der Waals surface area contributed by atoms with Crippen LogP contribution in [0, 0.1) is 0 Å². The van der Waals surface area contributed by atoms with E-state index < -0.39 is 17.7 Å². The van der Waals surface area contributed by atoms with E-state index in [0.29, 0.717) is 6.07 Å². The van der Waals surface area contributed by atoms with Crippen molar-refractivity contribution in [3.63, 3.8) is 0 Å². The monoisotopic (exact) mass is 268 g/mol. The maximum atomic E-state index is 12.3. The molecular weight excluding hydrogens is 261 g/mol. The van der Waals surface area contributed by atoms with E-state index in [0.717, 1.165) is 12.1 Å². The van der Waals surface area contributed by atoms with Crippen LogP contribution in [0.5, 0.6) is 5.75 Å². The first kappa shape index (κ1) is 13.6. The summed E-state index contributed by atoms with van der Waals surface area (Å²) in [5.74, 6) is -0.803. The molecular formula is C10H8ClF3O3. The summed E-state index contributed by atoms with van der Waals surface area (Å²) in [6, 6.07) is 2.45. The zero-order chi connectivity index (χ0) is 13.1. The third kappa shape index (κ3) is 3.81. The van der Waals surface area contributed by atoms with Crippen LogP contribution in [-0.2, 0) is 15.9 Å². The summed E-state index contributed by atoms with van der Waals surface area (Å²) in [6.07, 6.45) is -4.40. The Morgan fingerprint density at radius 2 is 2.06 bits per heavy atom. The van der Waals surface area contributed by atoms with Crippen molar-refractivity contribution in [2.75, 3.05) is 0 Å². The van der Waals surface area contributed by atoms with Gasteiger partial charge in [-0.25, -0.2) is 4.79 Å². The number of halogens is 4. The molecule has 0 atom stereocenters. The number of benzene rings is 1. The van der Waals surface area contributed by atoms with Gasteiger partial charge in [-0.05, 0) is 18.2 Å². The van der Waals surface area contributed by atoms with E-state index in [-0.39, 0.29) is 17.2 Å². The van der Waals surface area contributed by atoms with Gasteiger partial charge in [-0.15, -0.1) is 0 Å². The van der Waals surface area contributed by atoms with Crippen molar-refractivity contribution in [3.8, 4) is 5.75 Å². The molecule has 1 aromatic rings. The van der Waals surface area contributed by atoms with Crippen LogP contribution in [0.2, 0.25) is 5.02 Å². The first-order chi connectivity index (χ1) is 7.84. The summed E-state index contributed by atoms with van der Waals surface area (Å²) in [6.45, 7) is 1.54. The molecule has 94 valence electrons. The molecule has 3 nitrogen and oxygen atoms in total.